The van der Waals surface area contributed by atoms with Crippen LogP contribution in [0.3, 0.4) is 0 Å². The number of carbonyl (C=O) groups excluding carboxylic acids is 2. The Morgan fingerprint density at radius 3 is 2.21 bits per heavy atom. The highest BCUT2D eigenvalue weighted by atomic mass is 19.1. The van der Waals surface area contributed by atoms with Crippen molar-refractivity contribution in [2.45, 2.75) is 25.2 Å². The Hall–Kier alpha value is -3.54. The summed E-state index contributed by atoms with van der Waals surface area (Å²) >= 11 is 0. The standard InChI is InChI=1S/C27H25F2NO3/c1-2-33-26(32)27(20-11-13-21(28)14-12-20)15-17-30(18-16-27)25(31)24-22(9-6-10-23(24)29)19-7-4-3-5-8-19/h3-14H,2,15-18H2,1H3. The lowest BCUT2D eigenvalue weighted by atomic mass is 9.72. The fourth-order valence-corrected chi connectivity index (χ4v) is 4.50. The second-order valence-electron chi connectivity index (χ2n) is 8.13. The highest BCUT2D eigenvalue weighted by Crippen LogP contribution is 2.38. The number of carbonyl (C=O) groups is 2. The van der Waals surface area contributed by atoms with Crippen LogP contribution in [0.25, 0.3) is 11.1 Å². The number of nitrogens with zero attached hydrogens (tertiary/aromatic N) is 1. The van der Waals surface area contributed by atoms with Gasteiger partial charge in [-0.1, -0.05) is 54.6 Å². The van der Waals surface area contributed by atoms with Crippen molar-refractivity contribution in [1.29, 1.82) is 0 Å². The Morgan fingerprint density at radius 2 is 1.58 bits per heavy atom. The summed E-state index contributed by atoms with van der Waals surface area (Å²) < 4.78 is 33.7. The van der Waals surface area contributed by atoms with Crippen LogP contribution in [0.5, 0.6) is 0 Å². The predicted octanol–water partition coefficient (Wildman–Crippen LogP) is 5.37. The minimum absolute atomic E-state index is 0.0223. The molecule has 1 aliphatic rings. The molecule has 1 amide bonds. The van der Waals surface area contributed by atoms with Crippen molar-refractivity contribution in [3.63, 3.8) is 0 Å². The lowest BCUT2D eigenvalue weighted by molar-refractivity contribution is -0.152. The molecule has 0 spiro atoms. The molecule has 0 aliphatic carbocycles. The normalized spacial score (nSPS) is 15.2. The molecule has 1 aliphatic heterocycles. The van der Waals surface area contributed by atoms with Gasteiger partial charge < -0.3 is 9.64 Å². The molecule has 170 valence electrons. The van der Waals surface area contributed by atoms with Crippen molar-refractivity contribution in [3.05, 3.63) is 95.6 Å². The van der Waals surface area contributed by atoms with Gasteiger partial charge in [0.1, 0.15) is 11.6 Å². The summed E-state index contributed by atoms with van der Waals surface area (Å²) in [7, 11) is 0. The minimum Gasteiger partial charge on any atom is -0.465 e. The van der Waals surface area contributed by atoms with Crippen molar-refractivity contribution in [2.24, 2.45) is 0 Å². The van der Waals surface area contributed by atoms with Gasteiger partial charge in [0.05, 0.1) is 17.6 Å². The van der Waals surface area contributed by atoms with Gasteiger partial charge in [-0.3, -0.25) is 9.59 Å². The second kappa shape index (κ2) is 9.53. The van der Waals surface area contributed by atoms with Crippen LogP contribution >= 0.6 is 0 Å². The van der Waals surface area contributed by atoms with E-state index in [2.05, 4.69) is 0 Å². The van der Waals surface area contributed by atoms with E-state index in [9.17, 15) is 18.4 Å². The number of benzene rings is 3. The zero-order valence-corrected chi connectivity index (χ0v) is 18.4. The van der Waals surface area contributed by atoms with Crippen LogP contribution in [-0.2, 0) is 14.9 Å². The second-order valence-corrected chi connectivity index (χ2v) is 8.13. The zero-order valence-electron chi connectivity index (χ0n) is 18.4. The largest absolute Gasteiger partial charge is 0.465 e. The molecule has 0 saturated carbocycles. The van der Waals surface area contributed by atoms with Gasteiger partial charge in [-0.25, -0.2) is 8.78 Å². The van der Waals surface area contributed by atoms with E-state index in [1.165, 1.54) is 18.2 Å². The third kappa shape index (κ3) is 4.38. The Morgan fingerprint density at radius 1 is 0.909 bits per heavy atom. The maximum Gasteiger partial charge on any atom is 0.316 e. The van der Waals surface area contributed by atoms with E-state index in [1.54, 1.807) is 36.1 Å². The first-order chi connectivity index (χ1) is 16.0. The van der Waals surface area contributed by atoms with E-state index < -0.39 is 23.0 Å². The summed E-state index contributed by atoms with van der Waals surface area (Å²) in [5.41, 5.74) is 0.989. The molecule has 1 saturated heterocycles. The molecule has 0 N–H and O–H groups in total. The van der Waals surface area contributed by atoms with Crippen LogP contribution in [0.2, 0.25) is 0 Å². The first kappa shape index (κ1) is 22.6. The molecule has 33 heavy (non-hydrogen) atoms. The number of ether oxygens (including phenoxy) is 1. The molecule has 3 aromatic carbocycles. The Kier molecular flexibility index (Phi) is 6.54. The number of amides is 1. The van der Waals surface area contributed by atoms with Crippen LogP contribution in [0.15, 0.2) is 72.8 Å². The quantitative estimate of drug-likeness (QED) is 0.492. The lowest BCUT2D eigenvalue weighted by Gasteiger charge is -2.40. The number of rotatable bonds is 5. The first-order valence-corrected chi connectivity index (χ1v) is 11.0. The number of piperidine rings is 1. The highest BCUT2D eigenvalue weighted by Gasteiger charge is 2.45. The van der Waals surface area contributed by atoms with Gasteiger partial charge in [-0.05, 0) is 54.7 Å². The van der Waals surface area contributed by atoms with E-state index in [0.717, 1.165) is 5.56 Å². The van der Waals surface area contributed by atoms with Crippen molar-refractivity contribution in [3.8, 4) is 11.1 Å². The molecule has 3 aromatic rings. The summed E-state index contributed by atoms with van der Waals surface area (Å²) in [6, 6.07) is 19.6. The minimum atomic E-state index is -0.974. The number of halogens is 2. The van der Waals surface area contributed by atoms with Gasteiger partial charge >= 0.3 is 5.97 Å². The Bertz CT molecular complexity index is 1140. The summed E-state index contributed by atoms with van der Waals surface area (Å²) in [5.74, 6) is -1.77. The first-order valence-electron chi connectivity index (χ1n) is 11.0. The van der Waals surface area contributed by atoms with Crippen LogP contribution < -0.4 is 0 Å². The molecule has 0 aromatic heterocycles. The van der Waals surface area contributed by atoms with E-state index in [0.29, 0.717) is 24.0 Å². The van der Waals surface area contributed by atoms with Crippen LogP contribution in [0, 0.1) is 11.6 Å². The molecule has 4 rings (SSSR count). The van der Waals surface area contributed by atoms with E-state index >= 15 is 0 Å². The van der Waals surface area contributed by atoms with Crippen molar-refractivity contribution in [2.75, 3.05) is 19.7 Å². The van der Waals surface area contributed by atoms with Crippen LogP contribution in [0.4, 0.5) is 8.78 Å². The fourth-order valence-electron chi connectivity index (χ4n) is 4.50. The third-order valence-electron chi connectivity index (χ3n) is 6.28. The number of esters is 1. The van der Waals surface area contributed by atoms with Crippen molar-refractivity contribution < 1.29 is 23.1 Å². The average Bonchev–Trinajstić information content (AvgIpc) is 2.84. The molecular weight excluding hydrogens is 424 g/mol. The SMILES string of the molecule is CCOC(=O)C1(c2ccc(F)cc2)CCN(C(=O)c2c(F)cccc2-c2ccccc2)CC1. The van der Waals surface area contributed by atoms with Gasteiger partial charge in [0, 0.05) is 13.1 Å². The van der Waals surface area contributed by atoms with Crippen LogP contribution in [-0.4, -0.2) is 36.5 Å². The van der Waals surface area contributed by atoms with E-state index in [1.807, 2.05) is 30.3 Å². The smallest absolute Gasteiger partial charge is 0.316 e. The van der Waals surface area contributed by atoms with Crippen molar-refractivity contribution in [1.82, 2.24) is 4.90 Å². The average molecular weight is 449 g/mol. The van der Waals surface area contributed by atoms with Gasteiger partial charge in [-0.2, -0.15) is 0 Å². The van der Waals surface area contributed by atoms with Crippen LogP contribution in [0.1, 0.15) is 35.7 Å². The van der Waals surface area contributed by atoms with Gasteiger partial charge in [0.2, 0.25) is 0 Å². The molecule has 0 radical (unpaired) electrons. The fraction of sp³-hybridized carbons (Fsp3) is 0.259. The molecule has 4 nitrogen and oxygen atoms in total. The Labute approximate surface area is 191 Å². The molecule has 1 fully saturated rings. The maximum atomic E-state index is 14.9. The molecule has 0 atom stereocenters. The third-order valence-corrected chi connectivity index (χ3v) is 6.28. The molecule has 0 unspecified atom stereocenters. The monoisotopic (exact) mass is 449 g/mol. The summed E-state index contributed by atoms with van der Waals surface area (Å²) in [4.78, 5) is 28.0. The number of likely N-dealkylation sites (tertiary alicyclic amines) is 1. The molecule has 6 heteroatoms. The lowest BCUT2D eigenvalue weighted by Crippen LogP contribution is -2.50. The van der Waals surface area contributed by atoms with Gasteiger partial charge in [0.15, 0.2) is 0 Å². The predicted molar refractivity (Wildman–Crippen MR) is 122 cm³/mol. The van der Waals surface area contributed by atoms with Gasteiger partial charge in [0.25, 0.3) is 5.91 Å². The number of hydrogen-bond acceptors (Lipinski definition) is 3. The topological polar surface area (TPSA) is 46.6 Å². The summed E-state index contributed by atoms with van der Waals surface area (Å²) in [6.07, 6.45) is 0.608. The molecule has 0 bridgehead atoms. The van der Waals surface area contributed by atoms with Crippen molar-refractivity contribution >= 4 is 11.9 Å². The highest BCUT2D eigenvalue weighted by molar-refractivity contribution is 6.01. The summed E-state index contributed by atoms with van der Waals surface area (Å²) in [5, 5.41) is 0. The van der Waals surface area contributed by atoms with Gasteiger partial charge in [-0.15, -0.1) is 0 Å². The van der Waals surface area contributed by atoms with E-state index in [4.69, 9.17) is 4.74 Å². The Balaban J connectivity index is 1.63. The molecular formula is C27H25F2NO3. The van der Waals surface area contributed by atoms with E-state index in [-0.39, 0.29) is 31.2 Å². The number of hydrogen-bond donors (Lipinski definition) is 0. The zero-order chi connectivity index (χ0) is 23.4. The maximum absolute atomic E-state index is 14.9. The summed E-state index contributed by atoms with van der Waals surface area (Å²) in [6.45, 7) is 2.45. The molecule has 1 heterocycles.